The zero-order chi connectivity index (χ0) is 13.6. The number of methoxy groups -OCH3 is 1. The summed E-state index contributed by atoms with van der Waals surface area (Å²) in [5.41, 5.74) is -0.512. The molecule has 0 heterocycles. The highest BCUT2D eigenvalue weighted by molar-refractivity contribution is 5.79. The van der Waals surface area contributed by atoms with Crippen LogP contribution in [0.2, 0.25) is 0 Å². The Morgan fingerprint density at radius 2 is 2.17 bits per heavy atom. The zero-order valence-electron chi connectivity index (χ0n) is 10.9. The highest BCUT2D eigenvalue weighted by atomic mass is 16.6. The van der Waals surface area contributed by atoms with Crippen LogP contribution in [-0.2, 0) is 9.53 Å². The molecule has 0 aromatic heterocycles. The number of hydrogen-bond donors (Lipinski definition) is 0. The van der Waals surface area contributed by atoms with Gasteiger partial charge < -0.3 is 9.47 Å². The van der Waals surface area contributed by atoms with E-state index in [2.05, 4.69) is 0 Å². The molecule has 0 bridgehead atoms. The van der Waals surface area contributed by atoms with Gasteiger partial charge in [0.25, 0.3) is 0 Å². The van der Waals surface area contributed by atoms with Gasteiger partial charge in [-0.3, -0.25) is 4.79 Å². The Morgan fingerprint density at radius 3 is 2.72 bits per heavy atom. The number of rotatable bonds is 6. The summed E-state index contributed by atoms with van der Waals surface area (Å²) in [5, 5.41) is 0. The number of ether oxygens (including phenoxy) is 2. The smallest absolute Gasteiger partial charge is 0.349 e. The maximum Gasteiger partial charge on any atom is 0.349 e. The average Bonchev–Trinajstić information content (AvgIpc) is 2.38. The summed E-state index contributed by atoms with van der Waals surface area (Å²) in [6, 6.07) is 6.70. The highest BCUT2D eigenvalue weighted by Crippen LogP contribution is 2.24. The second kappa shape index (κ2) is 6.19. The lowest BCUT2D eigenvalue weighted by Crippen LogP contribution is -2.42. The van der Waals surface area contributed by atoms with E-state index in [1.807, 2.05) is 6.92 Å². The van der Waals surface area contributed by atoms with Crippen LogP contribution in [0.25, 0.3) is 0 Å². The highest BCUT2D eigenvalue weighted by Gasteiger charge is 2.36. The second-order valence-electron chi connectivity index (χ2n) is 4.26. The van der Waals surface area contributed by atoms with Crippen LogP contribution in [0.1, 0.15) is 37.0 Å². The van der Waals surface area contributed by atoms with Gasteiger partial charge in [-0.15, -0.1) is 0 Å². The third kappa shape index (κ3) is 3.32. The molecule has 0 radical (unpaired) electrons. The maximum absolute atomic E-state index is 11.8. The number of carbonyl (C=O) groups excluding carboxylic acids is 2. The molecule has 98 valence electrons. The van der Waals surface area contributed by atoms with Crippen molar-refractivity contribution in [2.24, 2.45) is 0 Å². The summed E-state index contributed by atoms with van der Waals surface area (Å²) < 4.78 is 10.5. The van der Waals surface area contributed by atoms with E-state index in [1.54, 1.807) is 31.2 Å². The Kier molecular flexibility index (Phi) is 4.89. The van der Waals surface area contributed by atoms with E-state index in [9.17, 15) is 9.59 Å². The van der Waals surface area contributed by atoms with E-state index >= 15 is 0 Å². The molecule has 0 saturated heterocycles. The van der Waals surface area contributed by atoms with Gasteiger partial charge >= 0.3 is 5.97 Å². The summed E-state index contributed by atoms with van der Waals surface area (Å²) in [7, 11) is 1.33. The lowest BCUT2D eigenvalue weighted by Gasteiger charge is -2.27. The minimum Gasteiger partial charge on any atom is -0.476 e. The topological polar surface area (TPSA) is 52.6 Å². The molecule has 0 aliphatic rings. The molecular weight excluding hydrogens is 232 g/mol. The van der Waals surface area contributed by atoms with Crippen molar-refractivity contribution < 1.29 is 19.1 Å². The van der Waals surface area contributed by atoms with Crippen LogP contribution >= 0.6 is 0 Å². The first-order valence-electron chi connectivity index (χ1n) is 5.88. The lowest BCUT2D eigenvalue weighted by atomic mass is 10.0. The van der Waals surface area contributed by atoms with E-state index in [1.165, 1.54) is 7.11 Å². The van der Waals surface area contributed by atoms with Gasteiger partial charge in [0.15, 0.2) is 0 Å². The summed E-state index contributed by atoms with van der Waals surface area (Å²) in [6.45, 7) is 3.66. The van der Waals surface area contributed by atoms with Crippen molar-refractivity contribution in [3.63, 3.8) is 0 Å². The fraction of sp³-hybridized carbons (Fsp3) is 0.429. The summed E-state index contributed by atoms with van der Waals surface area (Å²) in [4.78, 5) is 22.5. The predicted octanol–water partition coefficient (Wildman–Crippen LogP) is 2.61. The fourth-order valence-electron chi connectivity index (χ4n) is 1.80. The SMILES string of the molecule is CCCC(C)(Oc1cccc(C=O)c1)C(=O)OC. The molecule has 0 aliphatic heterocycles. The van der Waals surface area contributed by atoms with Crippen molar-refractivity contribution in [2.45, 2.75) is 32.3 Å². The van der Waals surface area contributed by atoms with Gasteiger partial charge in [0.1, 0.15) is 12.0 Å². The molecule has 0 fully saturated rings. The summed E-state index contributed by atoms with van der Waals surface area (Å²) in [6.07, 6.45) is 2.08. The van der Waals surface area contributed by atoms with Crippen LogP contribution in [0.5, 0.6) is 5.75 Å². The van der Waals surface area contributed by atoms with Crippen LogP contribution < -0.4 is 4.74 Å². The van der Waals surface area contributed by atoms with Crippen molar-refractivity contribution in [1.29, 1.82) is 0 Å². The van der Waals surface area contributed by atoms with Gasteiger partial charge in [-0.25, -0.2) is 4.79 Å². The van der Waals surface area contributed by atoms with E-state index in [4.69, 9.17) is 9.47 Å². The minimum atomic E-state index is -1.02. The van der Waals surface area contributed by atoms with Gasteiger partial charge in [0.2, 0.25) is 5.60 Å². The number of benzene rings is 1. The van der Waals surface area contributed by atoms with Crippen LogP contribution in [0, 0.1) is 0 Å². The van der Waals surface area contributed by atoms with Gasteiger partial charge in [-0.2, -0.15) is 0 Å². The lowest BCUT2D eigenvalue weighted by molar-refractivity contribution is -0.158. The number of hydrogen-bond acceptors (Lipinski definition) is 4. The Hall–Kier alpha value is -1.84. The molecule has 1 aromatic rings. The quantitative estimate of drug-likeness (QED) is 0.575. The Labute approximate surface area is 107 Å². The molecule has 4 heteroatoms. The molecule has 1 aromatic carbocycles. The van der Waals surface area contributed by atoms with E-state index in [0.717, 1.165) is 12.7 Å². The third-order valence-corrected chi connectivity index (χ3v) is 2.68. The first-order chi connectivity index (χ1) is 8.55. The first-order valence-corrected chi connectivity index (χ1v) is 5.88. The summed E-state index contributed by atoms with van der Waals surface area (Å²) >= 11 is 0. The molecule has 4 nitrogen and oxygen atoms in total. The second-order valence-corrected chi connectivity index (χ2v) is 4.26. The number of carbonyl (C=O) groups is 2. The van der Waals surface area contributed by atoms with Gasteiger partial charge in [-0.1, -0.05) is 25.5 Å². The van der Waals surface area contributed by atoms with Crippen molar-refractivity contribution in [3.8, 4) is 5.75 Å². The first kappa shape index (κ1) is 14.2. The summed E-state index contributed by atoms with van der Waals surface area (Å²) in [5.74, 6) is 0.0711. The van der Waals surface area contributed by atoms with Crippen LogP contribution in [0.15, 0.2) is 24.3 Å². The normalized spacial score (nSPS) is 13.5. The zero-order valence-corrected chi connectivity index (χ0v) is 10.9. The third-order valence-electron chi connectivity index (χ3n) is 2.68. The van der Waals surface area contributed by atoms with Crippen molar-refractivity contribution in [1.82, 2.24) is 0 Å². The standard InChI is InChI=1S/C14H18O4/c1-4-8-14(2,13(16)17-3)18-12-7-5-6-11(9-12)10-15/h5-7,9-10H,4,8H2,1-3H3. The van der Waals surface area contributed by atoms with Crippen LogP contribution in [-0.4, -0.2) is 25.0 Å². The van der Waals surface area contributed by atoms with E-state index in [-0.39, 0.29) is 0 Å². The van der Waals surface area contributed by atoms with Gasteiger partial charge in [0, 0.05) is 5.56 Å². The Balaban J connectivity index is 2.95. The van der Waals surface area contributed by atoms with Crippen molar-refractivity contribution >= 4 is 12.3 Å². The molecule has 0 aliphatic carbocycles. The van der Waals surface area contributed by atoms with Crippen molar-refractivity contribution in [2.75, 3.05) is 7.11 Å². The van der Waals surface area contributed by atoms with E-state index < -0.39 is 11.6 Å². The monoisotopic (exact) mass is 250 g/mol. The minimum absolute atomic E-state index is 0.416. The Morgan fingerprint density at radius 1 is 1.44 bits per heavy atom. The molecular formula is C14H18O4. The molecule has 0 saturated carbocycles. The van der Waals surface area contributed by atoms with Crippen LogP contribution in [0.4, 0.5) is 0 Å². The number of aldehydes is 1. The predicted molar refractivity (Wildman–Crippen MR) is 67.8 cm³/mol. The fourth-order valence-corrected chi connectivity index (χ4v) is 1.80. The molecule has 0 spiro atoms. The largest absolute Gasteiger partial charge is 0.476 e. The van der Waals surface area contributed by atoms with Gasteiger partial charge in [0.05, 0.1) is 7.11 Å². The van der Waals surface area contributed by atoms with Crippen molar-refractivity contribution in [3.05, 3.63) is 29.8 Å². The average molecular weight is 250 g/mol. The molecule has 1 atom stereocenters. The van der Waals surface area contributed by atoms with Gasteiger partial charge in [-0.05, 0) is 25.5 Å². The molecule has 0 N–H and O–H groups in total. The number of esters is 1. The molecule has 0 amide bonds. The molecule has 1 rings (SSSR count). The van der Waals surface area contributed by atoms with E-state index in [0.29, 0.717) is 17.7 Å². The molecule has 18 heavy (non-hydrogen) atoms. The van der Waals surface area contributed by atoms with Crippen LogP contribution in [0.3, 0.4) is 0 Å². The Bertz CT molecular complexity index is 428. The maximum atomic E-state index is 11.8. The molecule has 1 unspecified atom stereocenters.